The minimum atomic E-state index is 0.138. The number of aromatic hydroxyl groups is 1. The van der Waals surface area contributed by atoms with Gasteiger partial charge in [-0.3, -0.25) is 0 Å². The second kappa shape index (κ2) is 11.0. The lowest BCUT2D eigenvalue weighted by molar-refractivity contribution is 0.195. The molecule has 1 aliphatic rings. The zero-order chi connectivity index (χ0) is 25.9. The maximum absolute atomic E-state index is 9.85. The van der Waals surface area contributed by atoms with Gasteiger partial charge in [-0.2, -0.15) is 0 Å². The van der Waals surface area contributed by atoms with Gasteiger partial charge < -0.3 is 20.1 Å². The number of hydrogen-bond acceptors (Lipinski definition) is 4. The molecule has 0 saturated heterocycles. The highest BCUT2D eigenvalue weighted by molar-refractivity contribution is 5.58. The van der Waals surface area contributed by atoms with Crippen molar-refractivity contribution < 1.29 is 9.84 Å². The number of rotatable bonds is 9. The Balaban J connectivity index is 1.46. The Bertz CT molecular complexity index is 1170. The number of phenolic OH excluding ortho intramolecular Hbond substituents is 1. The van der Waals surface area contributed by atoms with Gasteiger partial charge in [0.1, 0.15) is 11.5 Å². The molecule has 3 aromatic carbocycles. The van der Waals surface area contributed by atoms with Crippen molar-refractivity contribution in [3.63, 3.8) is 0 Å². The number of likely N-dealkylation sites (N-methyl/N-ethyl adjacent to an activating group) is 1. The first-order chi connectivity index (χ1) is 17.1. The molecule has 0 saturated carbocycles. The highest BCUT2D eigenvalue weighted by Crippen LogP contribution is 2.38. The van der Waals surface area contributed by atoms with Gasteiger partial charge in [-0.25, -0.2) is 0 Å². The Hall–Kier alpha value is -2.98. The highest BCUT2D eigenvalue weighted by atomic mass is 16.5. The average molecular weight is 487 g/mol. The van der Waals surface area contributed by atoms with Crippen LogP contribution in [0.4, 0.5) is 5.69 Å². The van der Waals surface area contributed by atoms with E-state index in [-0.39, 0.29) is 11.6 Å². The topological polar surface area (TPSA) is 44.7 Å². The van der Waals surface area contributed by atoms with Crippen molar-refractivity contribution in [1.82, 2.24) is 4.90 Å². The summed E-state index contributed by atoms with van der Waals surface area (Å²) in [4.78, 5) is 2.29. The molecule has 36 heavy (non-hydrogen) atoms. The first kappa shape index (κ1) is 26.1. The van der Waals surface area contributed by atoms with Crippen LogP contribution in [0.3, 0.4) is 0 Å². The molecule has 0 aromatic heterocycles. The van der Waals surface area contributed by atoms with E-state index in [1.807, 2.05) is 12.1 Å². The van der Waals surface area contributed by atoms with Crippen molar-refractivity contribution >= 4 is 5.69 Å². The largest absolute Gasteiger partial charge is 0.508 e. The second-order valence-corrected chi connectivity index (χ2v) is 11.3. The molecular weight excluding hydrogens is 444 g/mol. The molecule has 0 aliphatic heterocycles. The summed E-state index contributed by atoms with van der Waals surface area (Å²) >= 11 is 0. The van der Waals surface area contributed by atoms with Crippen LogP contribution < -0.4 is 10.1 Å². The van der Waals surface area contributed by atoms with Crippen molar-refractivity contribution in [2.45, 2.75) is 70.4 Å². The number of phenols is 1. The van der Waals surface area contributed by atoms with Crippen LogP contribution in [0.5, 0.6) is 11.5 Å². The number of methoxy groups -OCH3 is 1. The van der Waals surface area contributed by atoms with Crippen molar-refractivity contribution in [3.05, 3.63) is 88.5 Å². The van der Waals surface area contributed by atoms with Gasteiger partial charge >= 0.3 is 0 Å². The van der Waals surface area contributed by atoms with Crippen LogP contribution in [-0.2, 0) is 25.7 Å². The second-order valence-electron chi connectivity index (χ2n) is 11.3. The van der Waals surface area contributed by atoms with Crippen molar-refractivity contribution in [2.75, 3.05) is 26.5 Å². The number of nitrogens with one attached hydrogen (secondary N) is 1. The third kappa shape index (κ3) is 6.22. The molecule has 2 N–H and O–H groups in total. The minimum absolute atomic E-state index is 0.138. The third-order valence-corrected chi connectivity index (χ3v) is 7.93. The van der Waals surface area contributed by atoms with E-state index in [0.29, 0.717) is 11.7 Å². The number of anilines is 1. The number of nitrogens with zero attached hydrogens (tertiary/aromatic N) is 1. The zero-order valence-corrected chi connectivity index (χ0v) is 22.8. The lowest BCUT2D eigenvalue weighted by atomic mass is 9.79. The molecule has 2 unspecified atom stereocenters. The van der Waals surface area contributed by atoms with E-state index in [9.17, 15) is 5.11 Å². The molecule has 0 amide bonds. The van der Waals surface area contributed by atoms with Crippen LogP contribution >= 0.6 is 0 Å². The Morgan fingerprint density at radius 2 is 1.72 bits per heavy atom. The summed E-state index contributed by atoms with van der Waals surface area (Å²) in [6, 6.07) is 21.7. The number of aryl methyl sites for hydroxylation is 1. The highest BCUT2D eigenvalue weighted by Gasteiger charge is 2.24. The van der Waals surface area contributed by atoms with Crippen LogP contribution in [0.2, 0.25) is 0 Å². The maximum atomic E-state index is 9.85. The maximum Gasteiger partial charge on any atom is 0.120 e. The first-order valence-electron chi connectivity index (χ1n) is 13.1. The molecule has 4 heteroatoms. The van der Waals surface area contributed by atoms with Gasteiger partial charge in [0.15, 0.2) is 0 Å². The van der Waals surface area contributed by atoms with Gasteiger partial charge in [0.2, 0.25) is 0 Å². The number of ether oxygens (including phenoxy) is 1. The van der Waals surface area contributed by atoms with Gasteiger partial charge in [-0.1, -0.05) is 36.4 Å². The van der Waals surface area contributed by atoms with Crippen molar-refractivity contribution in [1.29, 1.82) is 0 Å². The molecule has 3 aromatic rings. The Kier molecular flexibility index (Phi) is 7.94. The van der Waals surface area contributed by atoms with E-state index >= 15 is 0 Å². The lowest BCUT2D eigenvalue weighted by Gasteiger charge is -2.32. The molecule has 0 fully saturated rings. The molecule has 0 radical (unpaired) electrons. The normalized spacial score (nSPS) is 16.5. The fraction of sp³-hybridized carbons (Fsp3) is 0.438. The summed E-state index contributed by atoms with van der Waals surface area (Å²) in [6.07, 6.45) is 5.06. The quantitative estimate of drug-likeness (QED) is 0.358. The molecule has 1 aliphatic carbocycles. The molecule has 192 valence electrons. The van der Waals surface area contributed by atoms with Gasteiger partial charge in [0.25, 0.3) is 0 Å². The van der Waals surface area contributed by atoms with Crippen LogP contribution in [-0.4, -0.2) is 42.8 Å². The summed E-state index contributed by atoms with van der Waals surface area (Å²) in [5, 5.41) is 13.7. The van der Waals surface area contributed by atoms with E-state index in [0.717, 1.165) is 37.9 Å². The fourth-order valence-corrected chi connectivity index (χ4v) is 5.27. The molecule has 4 rings (SSSR count). The Morgan fingerprint density at radius 3 is 2.42 bits per heavy atom. The minimum Gasteiger partial charge on any atom is -0.508 e. The number of hydrogen-bond donors (Lipinski definition) is 2. The zero-order valence-electron chi connectivity index (χ0n) is 22.8. The van der Waals surface area contributed by atoms with Gasteiger partial charge in [-0.05, 0) is 119 Å². The fourth-order valence-electron chi connectivity index (χ4n) is 5.27. The summed E-state index contributed by atoms with van der Waals surface area (Å²) in [7, 11) is 6.02. The summed E-state index contributed by atoms with van der Waals surface area (Å²) in [5.74, 6) is 1.69. The molecule has 0 bridgehead atoms. The summed E-state index contributed by atoms with van der Waals surface area (Å²) < 4.78 is 5.56. The molecular formula is C32H42N2O2. The number of benzene rings is 3. The summed E-state index contributed by atoms with van der Waals surface area (Å²) in [5.41, 5.74) is 7.99. The van der Waals surface area contributed by atoms with Crippen LogP contribution in [0, 0.1) is 0 Å². The van der Waals surface area contributed by atoms with Crippen molar-refractivity contribution in [3.8, 4) is 11.5 Å². The monoisotopic (exact) mass is 486 g/mol. The SMILES string of the molecule is COc1ccc(C2CCc3cc(O)ccc3C2)c(NC(C)Cc2ccc(CC(C)(C)N(C)C)cc2)c1. The Labute approximate surface area is 217 Å². The summed E-state index contributed by atoms with van der Waals surface area (Å²) in [6.45, 7) is 6.83. The Morgan fingerprint density at radius 1 is 1.00 bits per heavy atom. The third-order valence-electron chi connectivity index (χ3n) is 7.93. The van der Waals surface area contributed by atoms with Gasteiger partial charge in [-0.15, -0.1) is 0 Å². The van der Waals surface area contributed by atoms with Crippen LogP contribution in [0.1, 0.15) is 60.9 Å². The van der Waals surface area contributed by atoms with Crippen molar-refractivity contribution in [2.24, 2.45) is 0 Å². The molecule has 2 atom stereocenters. The first-order valence-corrected chi connectivity index (χ1v) is 13.1. The smallest absolute Gasteiger partial charge is 0.120 e. The molecule has 0 heterocycles. The van der Waals surface area contributed by atoms with Gasteiger partial charge in [0, 0.05) is 23.3 Å². The molecule has 4 nitrogen and oxygen atoms in total. The van der Waals surface area contributed by atoms with Crippen LogP contribution in [0.25, 0.3) is 0 Å². The van der Waals surface area contributed by atoms with E-state index in [1.54, 1.807) is 7.11 Å². The van der Waals surface area contributed by atoms with E-state index in [4.69, 9.17) is 4.74 Å². The average Bonchev–Trinajstić information content (AvgIpc) is 2.84. The predicted octanol–water partition coefficient (Wildman–Crippen LogP) is 6.60. The van der Waals surface area contributed by atoms with E-state index < -0.39 is 0 Å². The van der Waals surface area contributed by atoms with E-state index in [1.165, 1.54) is 33.5 Å². The number of fused-ring (bicyclic) bond motifs is 1. The molecule has 0 spiro atoms. The van der Waals surface area contributed by atoms with Gasteiger partial charge in [0.05, 0.1) is 7.11 Å². The standard InChI is InChI=1S/C32H42N2O2/c1-22(17-23-7-9-24(10-8-23)21-32(2,3)34(4)5)33-31-20-29(36-6)15-16-30(31)27-12-11-26-19-28(35)14-13-25(26)18-27/h7-10,13-16,19-20,22,27,33,35H,11-12,17-18,21H2,1-6H3. The van der Waals surface area contributed by atoms with Crippen LogP contribution in [0.15, 0.2) is 60.7 Å². The van der Waals surface area contributed by atoms with E-state index in [2.05, 4.69) is 93.6 Å². The predicted molar refractivity (Wildman–Crippen MR) is 151 cm³/mol. The lowest BCUT2D eigenvalue weighted by Crippen LogP contribution is -2.40.